The molecule has 0 aromatic heterocycles. The van der Waals surface area contributed by atoms with Gasteiger partial charge in [0, 0.05) is 0 Å². The van der Waals surface area contributed by atoms with Gasteiger partial charge in [0.05, 0.1) is 0 Å². The smallest absolute Gasteiger partial charge is 1.00 e. The first kappa shape index (κ1) is 9.41. The second-order valence-corrected chi connectivity index (χ2v) is 1.14. The van der Waals surface area contributed by atoms with Gasteiger partial charge in [0.15, 0.2) is 0 Å². The van der Waals surface area contributed by atoms with Crippen molar-refractivity contribution in [2.24, 2.45) is 0 Å². The average molecular weight is 306 g/mol. The Hall–Kier alpha value is 2.05. The first-order valence-corrected chi connectivity index (χ1v) is 2.03. The Labute approximate surface area is 76.1 Å². The fourth-order valence-corrected chi connectivity index (χ4v) is 0. The van der Waals surface area contributed by atoms with Crippen LogP contribution in [-0.4, -0.2) is 0 Å². The quantitative estimate of drug-likeness (QED) is 0.441. The summed E-state index contributed by atoms with van der Waals surface area (Å²) in [5.74, 6) is 0. The zero-order valence-corrected chi connectivity index (χ0v) is 6.62. The number of hydrogen-bond donors (Lipinski definition) is 0. The SMILES string of the molecule is C=[CH][Eu+].[I-]. The van der Waals surface area contributed by atoms with Gasteiger partial charge in [-0.2, -0.15) is 0 Å². The molecule has 0 atom stereocenters. The zero-order valence-electron chi connectivity index (χ0n) is 2.04. The van der Waals surface area contributed by atoms with Crippen molar-refractivity contribution in [2.75, 3.05) is 0 Å². The molecule has 0 aromatic carbocycles. The molecule has 0 rings (SSSR count). The van der Waals surface area contributed by atoms with Gasteiger partial charge in [-0.05, 0) is 0 Å². The number of halogens is 1. The molecule has 0 N–H and O–H groups in total. The van der Waals surface area contributed by atoms with E-state index in [2.05, 4.69) is 6.58 Å². The van der Waals surface area contributed by atoms with Crippen LogP contribution in [0.5, 0.6) is 0 Å². The summed E-state index contributed by atoms with van der Waals surface area (Å²) in [7, 11) is 0. The van der Waals surface area contributed by atoms with Crippen LogP contribution in [0.25, 0.3) is 0 Å². The maximum absolute atomic E-state index is 3.39. The summed E-state index contributed by atoms with van der Waals surface area (Å²) >= 11 is 1.59. The van der Waals surface area contributed by atoms with E-state index in [0.717, 1.165) is 0 Å². The van der Waals surface area contributed by atoms with Crippen molar-refractivity contribution in [3.63, 3.8) is 0 Å². The molecule has 0 heterocycles. The second-order valence-electron chi connectivity index (χ2n) is 0.154. The van der Waals surface area contributed by atoms with E-state index in [4.69, 9.17) is 0 Å². The van der Waals surface area contributed by atoms with Crippen LogP contribution in [0.4, 0.5) is 0 Å². The van der Waals surface area contributed by atoms with E-state index in [9.17, 15) is 0 Å². The summed E-state index contributed by atoms with van der Waals surface area (Å²) in [6.07, 6.45) is 0. The molecular weight excluding hydrogens is 303 g/mol. The van der Waals surface area contributed by atoms with Crippen LogP contribution >= 0.6 is 0 Å². The van der Waals surface area contributed by atoms with Gasteiger partial charge in [0.1, 0.15) is 0 Å². The van der Waals surface area contributed by atoms with Gasteiger partial charge in [0.25, 0.3) is 0 Å². The van der Waals surface area contributed by atoms with E-state index in [1.807, 2.05) is 0 Å². The monoisotopic (exact) mass is 307 g/mol. The van der Waals surface area contributed by atoms with Crippen LogP contribution in [-0.2, 0) is 0 Å². The third-order valence-corrected chi connectivity index (χ3v) is 0. The first-order valence-electron chi connectivity index (χ1n) is 0.626. The molecule has 4 heavy (non-hydrogen) atoms. The fourth-order valence-electron chi connectivity index (χ4n) is 0. The van der Waals surface area contributed by atoms with E-state index in [1.54, 1.807) is 47.5 Å². The van der Waals surface area contributed by atoms with Crippen LogP contribution in [0.2, 0.25) is 0 Å². The molecule has 25 valence electrons. The van der Waals surface area contributed by atoms with Crippen molar-refractivity contribution in [1.82, 2.24) is 0 Å². The van der Waals surface area contributed by atoms with E-state index >= 15 is 0 Å². The van der Waals surface area contributed by atoms with Crippen LogP contribution in [0.15, 0.2) is 7.05 Å². The molecule has 0 bridgehead atoms. The maximum atomic E-state index is 3.39. The first-order chi connectivity index (χ1) is 1.41. The fraction of sp³-hybridized carbons (Fsp3) is 0. The number of rotatable bonds is 0. The summed E-state index contributed by atoms with van der Waals surface area (Å²) in [5, 5.41) is 0. The Bertz CT molecular complexity index is 13.5. The van der Waals surface area contributed by atoms with Gasteiger partial charge < -0.3 is 24.0 Å². The summed E-state index contributed by atoms with van der Waals surface area (Å²) in [5.41, 5.74) is 0. The predicted molar refractivity (Wildman–Crippen MR) is 10.2 cm³/mol. The largest absolute Gasteiger partial charge is 1.00 e. The Morgan fingerprint density at radius 2 is 1.75 bits per heavy atom. The van der Waals surface area contributed by atoms with Gasteiger partial charge >= 0.3 is 54.1 Å². The second kappa shape index (κ2) is 8.91. The van der Waals surface area contributed by atoms with Crippen LogP contribution in [0.1, 0.15) is 0 Å². The van der Waals surface area contributed by atoms with E-state index in [1.165, 1.54) is 0 Å². The van der Waals surface area contributed by atoms with E-state index < -0.39 is 0 Å². The van der Waals surface area contributed by atoms with Crippen molar-refractivity contribution < 1.29 is 71.0 Å². The van der Waals surface area contributed by atoms with Gasteiger partial charge in [-0.1, -0.05) is 0 Å². The zero-order chi connectivity index (χ0) is 2.71. The molecule has 0 aliphatic rings. The molecular formula is C2H3EuI. The minimum Gasteiger partial charge on any atom is -1.00 e. The Kier molecular flexibility index (Phi) is 20.9. The summed E-state index contributed by atoms with van der Waals surface area (Å²) in [6, 6.07) is 0. The summed E-state index contributed by atoms with van der Waals surface area (Å²) in [6.45, 7) is 3.39. The van der Waals surface area contributed by atoms with Crippen LogP contribution in [0.3, 0.4) is 0 Å². The third-order valence-electron chi connectivity index (χ3n) is 0. The molecule has 0 amide bonds. The van der Waals surface area contributed by atoms with Crippen molar-refractivity contribution in [1.29, 1.82) is 0 Å². The molecule has 0 saturated carbocycles. The molecule has 0 unspecified atom stereocenters. The normalized spacial score (nSPS) is 3.00. The molecule has 0 fully saturated rings. The van der Waals surface area contributed by atoms with Crippen LogP contribution in [0, 0.1) is 47.0 Å². The maximum Gasteiger partial charge on any atom is -1.00 e. The van der Waals surface area contributed by atoms with E-state index in [0.29, 0.717) is 0 Å². The topological polar surface area (TPSA) is 0 Å². The minimum atomic E-state index is 0. The molecule has 0 aromatic rings. The summed E-state index contributed by atoms with van der Waals surface area (Å²) in [4.78, 5) is 0. The van der Waals surface area contributed by atoms with Crippen LogP contribution < -0.4 is 24.0 Å². The Morgan fingerprint density at radius 1 is 1.75 bits per heavy atom. The van der Waals surface area contributed by atoms with E-state index in [-0.39, 0.29) is 24.0 Å². The van der Waals surface area contributed by atoms with Gasteiger partial charge in [0.2, 0.25) is 0 Å². The van der Waals surface area contributed by atoms with Crippen molar-refractivity contribution >= 4 is 0 Å². The summed E-state index contributed by atoms with van der Waals surface area (Å²) < 4.78 is 1.81. The molecule has 0 spiro atoms. The van der Waals surface area contributed by atoms with Crippen molar-refractivity contribution in [3.8, 4) is 0 Å². The molecule has 0 aliphatic heterocycles. The third kappa shape index (κ3) is 8.96. The van der Waals surface area contributed by atoms with Crippen molar-refractivity contribution in [3.05, 3.63) is 7.05 Å². The van der Waals surface area contributed by atoms with Gasteiger partial charge in [-0.3, -0.25) is 0 Å². The van der Waals surface area contributed by atoms with Gasteiger partial charge in [-0.25, -0.2) is 0 Å². The predicted octanol–water partition coefficient (Wildman–Crippen LogP) is -2.32. The average Bonchev–Trinajstić information content (AvgIpc) is 0.918. The number of hydrogen-bond acceptors (Lipinski definition) is 0. The molecule has 0 nitrogen and oxygen atoms in total. The Morgan fingerprint density at radius 3 is 1.75 bits per heavy atom. The molecule has 0 aliphatic carbocycles. The molecule has 0 radical (unpaired) electrons. The minimum absolute atomic E-state index is 0. The molecule has 0 saturated heterocycles. The Balaban J connectivity index is 0. The molecule has 2 heteroatoms. The van der Waals surface area contributed by atoms with Gasteiger partial charge in [-0.15, -0.1) is 0 Å². The standard InChI is InChI=1S/C2H3.Eu.HI/c1-2;;/h1H,2H2;;1H/q;+1;/p-1. The van der Waals surface area contributed by atoms with Crippen molar-refractivity contribution in [2.45, 2.75) is 0 Å².